The first kappa shape index (κ1) is 22.9. The largest absolute Gasteiger partial charge is 0.506 e. The number of benzene rings is 2. The summed E-state index contributed by atoms with van der Waals surface area (Å²) >= 11 is 0. The second-order valence-electron chi connectivity index (χ2n) is 10.3. The summed E-state index contributed by atoms with van der Waals surface area (Å²) in [6.07, 6.45) is 9.52. The van der Waals surface area contributed by atoms with Crippen LogP contribution in [0.2, 0.25) is 0 Å². The van der Waals surface area contributed by atoms with Crippen molar-refractivity contribution >= 4 is 18.1 Å². The van der Waals surface area contributed by atoms with Crippen molar-refractivity contribution in [3.05, 3.63) is 52.1 Å². The van der Waals surface area contributed by atoms with Crippen LogP contribution in [0.15, 0.2) is 29.9 Å². The van der Waals surface area contributed by atoms with Gasteiger partial charge in [0.2, 0.25) is 0 Å². The molecule has 2 N–H and O–H groups in total. The minimum atomic E-state index is -0.776. The quantitative estimate of drug-likeness (QED) is 0.298. The summed E-state index contributed by atoms with van der Waals surface area (Å²) in [4.78, 5) is 13.4. The zero-order chi connectivity index (χ0) is 25.3. The Labute approximate surface area is 203 Å². The molecule has 0 saturated carbocycles. The number of carbonyl (C=O) groups is 1. The zero-order valence-electron chi connectivity index (χ0n) is 20.6. The van der Waals surface area contributed by atoms with E-state index in [1.165, 1.54) is 6.07 Å². The van der Waals surface area contributed by atoms with Gasteiger partial charge in [-0.25, -0.2) is 4.79 Å². The van der Waals surface area contributed by atoms with Crippen LogP contribution in [0.25, 0.3) is 12.2 Å². The molecule has 0 atom stereocenters. The minimum Gasteiger partial charge on any atom is -0.506 e. The second-order valence-corrected chi connectivity index (χ2v) is 10.3. The number of fused-ring (bicyclic) bond motifs is 6. The fourth-order valence-electron chi connectivity index (χ4n) is 4.31. The van der Waals surface area contributed by atoms with Gasteiger partial charge in [-0.05, 0) is 72.3 Å². The molecule has 5 rings (SSSR count). The first-order valence-electron chi connectivity index (χ1n) is 11.5. The van der Waals surface area contributed by atoms with Gasteiger partial charge in [-0.1, -0.05) is 11.6 Å². The minimum absolute atomic E-state index is 0.0978. The molecular weight excluding hydrogens is 448 g/mol. The van der Waals surface area contributed by atoms with E-state index in [-0.39, 0.29) is 40.1 Å². The lowest BCUT2D eigenvalue weighted by Crippen LogP contribution is -2.28. The highest BCUT2D eigenvalue weighted by Crippen LogP contribution is 2.55. The van der Waals surface area contributed by atoms with Gasteiger partial charge in [-0.2, -0.15) is 0 Å². The third-order valence-corrected chi connectivity index (χ3v) is 6.08. The van der Waals surface area contributed by atoms with Crippen molar-refractivity contribution in [2.75, 3.05) is 0 Å². The van der Waals surface area contributed by atoms with Gasteiger partial charge in [0.15, 0.2) is 28.7 Å². The van der Waals surface area contributed by atoms with E-state index >= 15 is 0 Å². The number of phenols is 2. The van der Waals surface area contributed by atoms with Crippen molar-refractivity contribution in [3.63, 3.8) is 0 Å². The molecule has 3 aliphatic heterocycles. The molecule has 2 aromatic carbocycles. The molecule has 0 spiro atoms. The topological polar surface area (TPSA) is 94.5 Å². The van der Waals surface area contributed by atoms with Crippen molar-refractivity contribution in [3.8, 4) is 40.2 Å². The highest BCUT2D eigenvalue weighted by Gasteiger charge is 2.39. The zero-order valence-corrected chi connectivity index (χ0v) is 20.6. The Bertz CT molecular complexity index is 1370. The molecular formula is C28H28O7. The number of hydrogen-bond donors (Lipinski definition) is 2. The average molecular weight is 477 g/mol. The van der Waals surface area contributed by atoms with E-state index < -0.39 is 17.2 Å². The number of carbonyl (C=O) groups excluding carboxylic acids is 1. The summed E-state index contributed by atoms with van der Waals surface area (Å²) in [6, 6.07) is 1.35. The third kappa shape index (κ3) is 3.81. The highest BCUT2D eigenvalue weighted by molar-refractivity contribution is 6.02. The molecule has 2 aromatic rings. The Kier molecular flexibility index (Phi) is 4.95. The number of esters is 1. The van der Waals surface area contributed by atoms with Gasteiger partial charge in [0.25, 0.3) is 0 Å². The van der Waals surface area contributed by atoms with Crippen molar-refractivity contribution in [2.45, 2.75) is 59.2 Å². The predicted molar refractivity (Wildman–Crippen MR) is 132 cm³/mol. The Hall–Kier alpha value is -3.87. The molecule has 0 unspecified atom stereocenters. The molecule has 3 aliphatic rings. The Morgan fingerprint density at radius 2 is 1.49 bits per heavy atom. The molecule has 0 saturated heterocycles. The van der Waals surface area contributed by atoms with E-state index in [9.17, 15) is 15.0 Å². The highest BCUT2D eigenvalue weighted by atomic mass is 16.6. The van der Waals surface area contributed by atoms with E-state index in [1.807, 2.05) is 59.8 Å². The molecule has 0 aliphatic carbocycles. The second kappa shape index (κ2) is 7.57. The maximum absolute atomic E-state index is 13.4. The lowest BCUT2D eigenvalue weighted by molar-refractivity contribution is 0.0732. The smallest absolute Gasteiger partial charge is 0.351 e. The monoisotopic (exact) mass is 476 g/mol. The summed E-state index contributed by atoms with van der Waals surface area (Å²) in [6.45, 7) is 11.4. The van der Waals surface area contributed by atoms with Crippen LogP contribution >= 0.6 is 0 Å². The predicted octanol–water partition coefficient (Wildman–Crippen LogP) is 6.30. The standard InChI is InChI=1S/C28H28O7/c1-14(2)7-8-15-21(30)20-25(16-9-11-27(3,4)34-22(15)16)32-19-13-18(29)23-17(24(19)33-26(20)31)10-12-28(5,6)35-23/h7,9-13,29-30H,8H2,1-6H3. The molecule has 0 amide bonds. The number of ether oxygens (including phenoxy) is 4. The van der Waals surface area contributed by atoms with E-state index in [0.717, 1.165) is 5.57 Å². The lowest BCUT2D eigenvalue weighted by atomic mass is 9.93. The van der Waals surface area contributed by atoms with Crippen molar-refractivity contribution in [1.29, 1.82) is 0 Å². The molecule has 35 heavy (non-hydrogen) atoms. The maximum atomic E-state index is 13.4. The van der Waals surface area contributed by atoms with Crippen molar-refractivity contribution < 1.29 is 34.0 Å². The summed E-state index contributed by atoms with van der Waals surface area (Å²) < 4.78 is 24.1. The summed E-state index contributed by atoms with van der Waals surface area (Å²) in [5.41, 5.74) is 1.06. The fourth-order valence-corrected chi connectivity index (χ4v) is 4.31. The third-order valence-electron chi connectivity index (χ3n) is 6.08. The summed E-state index contributed by atoms with van der Waals surface area (Å²) in [5.74, 6) is -0.220. The fraction of sp³-hybridized carbons (Fsp3) is 0.321. The number of allylic oxidation sites excluding steroid dienone is 2. The number of rotatable bonds is 2. The average Bonchev–Trinajstić information content (AvgIpc) is 2.88. The van der Waals surface area contributed by atoms with Crippen LogP contribution in [0, 0.1) is 0 Å². The van der Waals surface area contributed by atoms with Gasteiger partial charge in [0.05, 0.1) is 11.1 Å². The number of aromatic hydroxyl groups is 2. The first-order chi connectivity index (χ1) is 16.4. The normalized spacial score (nSPS) is 17.8. The first-order valence-corrected chi connectivity index (χ1v) is 11.5. The molecule has 0 radical (unpaired) electrons. The molecule has 0 bridgehead atoms. The lowest BCUT2D eigenvalue weighted by Gasteiger charge is -2.31. The van der Waals surface area contributed by atoms with Crippen molar-refractivity contribution in [1.82, 2.24) is 0 Å². The van der Waals surface area contributed by atoms with E-state index in [0.29, 0.717) is 28.9 Å². The Balaban J connectivity index is 1.75. The van der Waals surface area contributed by atoms with Crippen LogP contribution in [-0.2, 0) is 6.42 Å². The summed E-state index contributed by atoms with van der Waals surface area (Å²) in [5, 5.41) is 22.0. The van der Waals surface area contributed by atoms with E-state index in [2.05, 4.69) is 0 Å². The Morgan fingerprint density at radius 1 is 0.886 bits per heavy atom. The molecule has 0 aromatic heterocycles. The Morgan fingerprint density at radius 3 is 2.11 bits per heavy atom. The number of hydrogen-bond acceptors (Lipinski definition) is 7. The van der Waals surface area contributed by atoms with Gasteiger partial charge in [-0.15, -0.1) is 0 Å². The van der Waals surface area contributed by atoms with Crippen LogP contribution in [-0.4, -0.2) is 27.4 Å². The molecule has 182 valence electrons. The van der Waals surface area contributed by atoms with Crippen molar-refractivity contribution in [2.24, 2.45) is 0 Å². The SMILES string of the molecule is CC(C)=CCc1c(O)c2c(c3c1OC(C)(C)C=C3)Oc1cc(O)c3c(c1OC2=O)C=CC(C)(C)O3. The van der Waals surface area contributed by atoms with Gasteiger partial charge < -0.3 is 29.2 Å². The van der Waals surface area contributed by atoms with Gasteiger partial charge in [0, 0.05) is 11.6 Å². The van der Waals surface area contributed by atoms with E-state index in [4.69, 9.17) is 18.9 Å². The van der Waals surface area contributed by atoms with Gasteiger partial charge in [-0.3, -0.25) is 0 Å². The van der Waals surface area contributed by atoms with Crippen LogP contribution < -0.4 is 18.9 Å². The van der Waals surface area contributed by atoms with Gasteiger partial charge >= 0.3 is 5.97 Å². The molecule has 7 nitrogen and oxygen atoms in total. The van der Waals surface area contributed by atoms with Crippen LogP contribution in [0.5, 0.6) is 40.2 Å². The number of phenolic OH excluding ortho intramolecular Hbond substituents is 2. The van der Waals surface area contributed by atoms with Gasteiger partial charge in [0.1, 0.15) is 28.3 Å². The van der Waals surface area contributed by atoms with E-state index in [1.54, 1.807) is 12.2 Å². The molecule has 7 heteroatoms. The molecule has 3 heterocycles. The van der Waals surface area contributed by atoms with Crippen LogP contribution in [0.3, 0.4) is 0 Å². The van der Waals surface area contributed by atoms with Crippen LogP contribution in [0.1, 0.15) is 68.6 Å². The summed E-state index contributed by atoms with van der Waals surface area (Å²) in [7, 11) is 0. The maximum Gasteiger partial charge on any atom is 0.351 e. The molecule has 0 fully saturated rings. The van der Waals surface area contributed by atoms with Crippen LogP contribution in [0.4, 0.5) is 0 Å².